The summed E-state index contributed by atoms with van der Waals surface area (Å²) in [5.41, 5.74) is 0.357. The molecule has 27 heavy (non-hydrogen) atoms. The molecule has 3 amide bonds. The molecule has 0 spiro atoms. The predicted molar refractivity (Wildman–Crippen MR) is 106 cm³/mol. The van der Waals surface area contributed by atoms with Crippen LogP contribution >= 0.6 is 0 Å². The number of carbonyl (C=O) groups excluding carboxylic acids is 2. The van der Waals surface area contributed by atoms with Gasteiger partial charge in [-0.2, -0.15) is 0 Å². The molecule has 5 heteroatoms. The third kappa shape index (κ3) is 3.35. The maximum atomic E-state index is 13.7. The van der Waals surface area contributed by atoms with Gasteiger partial charge in [-0.3, -0.25) is 9.69 Å². The lowest BCUT2D eigenvalue weighted by molar-refractivity contribution is -0.131. The lowest BCUT2D eigenvalue weighted by Gasteiger charge is -2.30. The fourth-order valence-corrected chi connectivity index (χ4v) is 3.82. The highest BCUT2D eigenvalue weighted by atomic mass is 16.2. The summed E-state index contributed by atoms with van der Waals surface area (Å²) in [4.78, 5) is 30.2. The molecule has 3 rings (SSSR count). The van der Waals surface area contributed by atoms with E-state index in [1.54, 1.807) is 0 Å². The summed E-state index contributed by atoms with van der Waals surface area (Å²) in [5, 5.41) is 3.01. The van der Waals surface area contributed by atoms with Crippen LogP contribution in [0.1, 0.15) is 31.9 Å². The monoisotopic (exact) mass is 365 g/mol. The molecular weight excluding hydrogens is 338 g/mol. The van der Waals surface area contributed by atoms with Gasteiger partial charge in [0, 0.05) is 6.54 Å². The SMILES string of the molecule is CCN(CC)CC(C)N1C(=O)NC(c2ccccc2)(c2ccccc2)C1=O. The average Bonchev–Trinajstić information content (AvgIpc) is 2.98. The number of nitrogens with zero attached hydrogens (tertiary/aromatic N) is 2. The molecule has 0 bridgehead atoms. The number of carbonyl (C=O) groups is 2. The van der Waals surface area contributed by atoms with Crippen LogP contribution in [-0.2, 0) is 10.3 Å². The number of nitrogens with one attached hydrogen (secondary N) is 1. The molecule has 2 aromatic rings. The van der Waals surface area contributed by atoms with E-state index >= 15 is 0 Å². The van der Waals surface area contributed by atoms with Crippen molar-refractivity contribution in [3.05, 3.63) is 71.8 Å². The third-order valence-corrected chi connectivity index (χ3v) is 5.32. The van der Waals surface area contributed by atoms with E-state index in [-0.39, 0.29) is 18.0 Å². The summed E-state index contributed by atoms with van der Waals surface area (Å²) in [6.45, 7) is 8.52. The molecule has 2 aromatic carbocycles. The Labute approximate surface area is 161 Å². The second kappa shape index (κ2) is 7.92. The lowest BCUT2D eigenvalue weighted by Crippen LogP contribution is -2.48. The second-order valence-corrected chi connectivity index (χ2v) is 6.92. The number of benzene rings is 2. The maximum absolute atomic E-state index is 13.7. The Morgan fingerprint density at radius 1 is 0.926 bits per heavy atom. The molecule has 1 atom stereocenters. The van der Waals surface area contributed by atoms with E-state index in [0.717, 1.165) is 24.2 Å². The Morgan fingerprint density at radius 2 is 1.41 bits per heavy atom. The van der Waals surface area contributed by atoms with E-state index in [2.05, 4.69) is 24.1 Å². The molecule has 142 valence electrons. The first kappa shape index (κ1) is 19.1. The van der Waals surface area contributed by atoms with Crippen LogP contribution in [0.4, 0.5) is 4.79 Å². The van der Waals surface area contributed by atoms with E-state index < -0.39 is 5.54 Å². The first-order valence-corrected chi connectivity index (χ1v) is 9.53. The van der Waals surface area contributed by atoms with Gasteiger partial charge in [-0.05, 0) is 31.1 Å². The van der Waals surface area contributed by atoms with Gasteiger partial charge in [-0.1, -0.05) is 74.5 Å². The van der Waals surface area contributed by atoms with Crippen LogP contribution in [0.15, 0.2) is 60.7 Å². The van der Waals surface area contributed by atoms with Gasteiger partial charge in [0.25, 0.3) is 5.91 Å². The molecule has 0 aliphatic carbocycles. The number of hydrogen-bond acceptors (Lipinski definition) is 3. The van der Waals surface area contributed by atoms with Gasteiger partial charge in [0.1, 0.15) is 0 Å². The molecule has 1 unspecified atom stereocenters. The highest BCUT2D eigenvalue weighted by Crippen LogP contribution is 2.36. The zero-order chi connectivity index (χ0) is 19.4. The fraction of sp³-hybridized carbons (Fsp3) is 0.364. The van der Waals surface area contributed by atoms with Gasteiger partial charge < -0.3 is 10.2 Å². The molecule has 1 N–H and O–H groups in total. The van der Waals surface area contributed by atoms with Crippen molar-refractivity contribution >= 4 is 11.9 Å². The van der Waals surface area contributed by atoms with Crippen molar-refractivity contribution in [1.82, 2.24) is 15.1 Å². The molecule has 1 aliphatic rings. The van der Waals surface area contributed by atoms with E-state index in [0.29, 0.717) is 6.54 Å². The highest BCUT2D eigenvalue weighted by molar-refractivity contribution is 6.09. The van der Waals surface area contributed by atoms with Gasteiger partial charge in [-0.15, -0.1) is 0 Å². The van der Waals surface area contributed by atoms with Crippen LogP contribution in [0.5, 0.6) is 0 Å². The molecule has 1 aliphatic heterocycles. The summed E-state index contributed by atoms with van der Waals surface area (Å²) in [5.74, 6) is -0.218. The van der Waals surface area contributed by atoms with Gasteiger partial charge in [0.2, 0.25) is 0 Å². The summed E-state index contributed by atoms with van der Waals surface area (Å²) in [7, 11) is 0. The van der Waals surface area contributed by atoms with Crippen molar-refractivity contribution in [3.63, 3.8) is 0 Å². The molecule has 0 aromatic heterocycles. The lowest BCUT2D eigenvalue weighted by atomic mass is 9.82. The van der Waals surface area contributed by atoms with Crippen molar-refractivity contribution in [2.45, 2.75) is 32.4 Å². The van der Waals surface area contributed by atoms with Crippen molar-refractivity contribution in [2.75, 3.05) is 19.6 Å². The van der Waals surface area contributed by atoms with Crippen LogP contribution in [0.3, 0.4) is 0 Å². The smallest absolute Gasteiger partial charge is 0.315 e. The third-order valence-electron chi connectivity index (χ3n) is 5.32. The Bertz CT molecular complexity index is 748. The van der Waals surface area contributed by atoms with Crippen molar-refractivity contribution < 1.29 is 9.59 Å². The zero-order valence-electron chi connectivity index (χ0n) is 16.2. The maximum Gasteiger partial charge on any atom is 0.325 e. The van der Waals surface area contributed by atoms with Crippen molar-refractivity contribution in [3.8, 4) is 0 Å². The molecule has 5 nitrogen and oxygen atoms in total. The van der Waals surface area contributed by atoms with E-state index in [1.807, 2.05) is 67.6 Å². The van der Waals surface area contributed by atoms with E-state index in [9.17, 15) is 9.59 Å². The number of amides is 3. The number of likely N-dealkylation sites (N-methyl/N-ethyl adjacent to an activating group) is 1. The Kier molecular flexibility index (Phi) is 5.61. The van der Waals surface area contributed by atoms with Gasteiger partial charge in [-0.25, -0.2) is 4.79 Å². The summed E-state index contributed by atoms with van der Waals surface area (Å²) >= 11 is 0. The Morgan fingerprint density at radius 3 is 1.85 bits per heavy atom. The number of imide groups is 1. The van der Waals surface area contributed by atoms with E-state index in [4.69, 9.17) is 0 Å². The minimum Gasteiger partial charge on any atom is -0.315 e. The predicted octanol–water partition coefficient (Wildman–Crippen LogP) is 3.21. The van der Waals surface area contributed by atoms with Gasteiger partial charge in [0.05, 0.1) is 6.04 Å². The summed E-state index contributed by atoms with van der Waals surface area (Å²) in [6.07, 6.45) is 0. The molecule has 1 saturated heterocycles. The van der Waals surface area contributed by atoms with Crippen molar-refractivity contribution in [1.29, 1.82) is 0 Å². The first-order valence-electron chi connectivity index (χ1n) is 9.53. The molecule has 0 saturated carbocycles. The standard InChI is InChI=1S/C22H27N3O2/c1-4-24(5-2)16-17(3)25-20(26)22(23-21(25)27,18-12-8-6-9-13-18)19-14-10-7-11-15-19/h6-15,17H,4-5,16H2,1-3H3,(H,23,27). The van der Waals surface area contributed by atoms with Crippen LogP contribution < -0.4 is 5.32 Å². The molecule has 0 radical (unpaired) electrons. The highest BCUT2D eigenvalue weighted by Gasteiger charge is 2.54. The largest absolute Gasteiger partial charge is 0.325 e. The van der Waals surface area contributed by atoms with Crippen LogP contribution in [0.2, 0.25) is 0 Å². The molecular formula is C22H27N3O2. The Balaban J connectivity index is 2.04. The van der Waals surface area contributed by atoms with Crippen LogP contribution in [-0.4, -0.2) is 47.4 Å². The molecule has 1 fully saturated rings. The fourth-order valence-electron chi connectivity index (χ4n) is 3.82. The van der Waals surface area contributed by atoms with E-state index in [1.165, 1.54) is 4.90 Å². The first-order chi connectivity index (χ1) is 13.0. The topological polar surface area (TPSA) is 52.6 Å². The molecule has 1 heterocycles. The van der Waals surface area contributed by atoms with Gasteiger partial charge >= 0.3 is 6.03 Å². The van der Waals surface area contributed by atoms with Gasteiger partial charge in [0.15, 0.2) is 5.54 Å². The Hall–Kier alpha value is -2.66. The normalized spacial score (nSPS) is 17.3. The average molecular weight is 365 g/mol. The minimum atomic E-state index is -1.18. The quantitative estimate of drug-likeness (QED) is 0.767. The minimum absolute atomic E-state index is 0.216. The second-order valence-electron chi connectivity index (χ2n) is 6.92. The number of rotatable bonds is 7. The van der Waals surface area contributed by atoms with Crippen LogP contribution in [0.25, 0.3) is 0 Å². The zero-order valence-corrected chi connectivity index (χ0v) is 16.2. The number of hydrogen-bond donors (Lipinski definition) is 1. The number of urea groups is 1. The van der Waals surface area contributed by atoms with Crippen molar-refractivity contribution in [2.24, 2.45) is 0 Å². The summed E-state index contributed by atoms with van der Waals surface area (Å²) in [6, 6.07) is 18.4. The summed E-state index contributed by atoms with van der Waals surface area (Å²) < 4.78 is 0. The van der Waals surface area contributed by atoms with Crippen LogP contribution in [0, 0.1) is 0 Å².